The van der Waals surface area contributed by atoms with Gasteiger partial charge in [-0.3, -0.25) is 19.7 Å². The fourth-order valence-corrected chi connectivity index (χ4v) is 2.20. The number of rotatable bonds is 11. The van der Waals surface area contributed by atoms with Crippen LogP contribution >= 0.6 is 0 Å². The molecule has 9 heteroatoms. The number of nitrogens with one attached hydrogen (secondary N) is 2. The Bertz CT molecular complexity index is 647. The Hall–Kier alpha value is -2.52. The third-order valence-corrected chi connectivity index (χ3v) is 3.47. The molecule has 0 heterocycles. The second-order valence-corrected chi connectivity index (χ2v) is 6.15. The van der Waals surface area contributed by atoms with Crippen LogP contribution in [0.5, 0.6) is 0 Å². The molecule has 0 aliphatic heterocycles. The molecule has 9 nitrogen and oxygen atoms in total. The lowest BCUT2D eigenvalue weighted by atomic mass is 10.1. The van der Waals surface area contributed by atoms with Gasteiger partial charge in [0, 0.05) is 12.7 Å². The molecule has 144 valence electrons. The molecule has 26 heavy (non-hydrogen) atoms. The maximum atomic E-state index is 12.1. The standard InChI is InChI=1S/C17H25N3O6/c1-11(2)26-8-4-7-18-14(17(22)23)10-16(21)19-13-6-5-12(3)9-15(13)20(24)25/h5-6,9,11,14,18H,4,7-8,10H2,1-3H3,(H,19,21)(H,22,23)/t14-/m0/s1. The molecular formula is C17H25N3O6. The molecular weight excluding hydrogens is 342 g/mol. The average Bonchev–Trinajstić information content (AvgIpc) is 2.54. The topological polar surface area (TPSA) is 131 Å². The predicted octanol–water partition coefficient (Wildman–Crippen LogP) is 2.09. The van der Waals surface area contributed by atoms with E-state index < -0.39 is 22.8 Å². The number of nitro benzene ring substituents is 1. The quantitative estimate of drug-likeness (QED) is 0.310. The molecule has 0 aliphatic carbocycles. The summed E-state index contributed by atoms with van der Waals surface area (Å²) < 4.78 is 5.36. The summed E-state index contributed by atoms with van der Waals surface area (Å²) in [6.45, 7) is 6.37. The van der Waals surface area contributed by atoms with Gasteiger partial charge in [-0.25, -0.2) is 0 Å². The molecule has 1 aromatic rings. The first-order valence-corrected chi connectivity index (χ1v) is 8.33. The second-order valence-electron chi connectivity index (χ2n) is 6.15. The Balaban J connectivity index is 2.60. The fourth-order valence-electron chi connectivity index (χ4n) is 2.20. The Morgan fingerprint density at radius 1 is 1.35 bits per heavy atom. The number of ether oxygens (including phenoxy) is 1. The summed E-state index contributed by atoms with van der Waals surface area (Å²) in [6.07, 6.45) is 0.361. The minimum atomic E-state index is -1.16. The predicted molar refractivity (Wildman–Crippen MR) is 96.2 cm³/mol. The molecule has 3 N–H and O–H groups in total. The molecule has 0 saturated heterocycles. The molecule has 1 rings (SSSR count). The molecule has 0 spiro atoms. The molecule has 0 aromatic heterocycles. The lowest BCUT2D eigenvalue weighted by Crippen LogP contribution is -2.40. The highest BCUT2D eigenvalue weighted by Gasteiger charge is 2.22. The average molecular weight is 367 g/mol. The van der Waals surface area contributed by atoms with E-state index in [9.17, 15) is 24.8 Å². The molecule has 0 saturated carbocycles. The van der Waals surface area contributed by atoms with E-state index in [4.69, 9.17) is 4.74 Å². The van der Waals surface area contributed by atoms with Gasteiger partial charge >= 0.3 is 5.97 Å². The van der Waals surface area contributed by atoms with Gasteiger partial charge in [0.1, 0.15) is 11.7 Å². The molecule has 0 aliphatic rings. The van der Waals surface area contributed by atoms with E-state index in [0.29, 0.717) is 25.1 Å². The first-order valence-electron chi connectivity index (χ1n) is 8.33. The lowest BCUT2D eigenvalue weighted by Gasteiger charge is -2.15. The number of carboxylic acids is 1. The number of hydrogen-bond acceptors (Lipinski definition) is 6. The van der Waals surface area contributed by atoms with Crippen LogP contribution in [0.25, 0.3) is 0 Å². The van der Waals surface area contributed by atoms with Crippen LogP contribution in [0.4, 0.5) is 11.4 Å². The summed E-state index contributed by atoms with van der Waals surface area (Å²) in [6, 6.07) is 3.32. The van der Waals surface area contributed by atoms with Crippen molar-refractivity contribution in [2.75, 3.05) is 18.5 Å². The molecule has 1 amide bonds. The van der Waals surface area contributed by atoms with E-state index >= 15 is 0 Å². The Morgan fingerprint density at radius 2 is 2.04 bits per heavy atom. The number of aliphatic carboxylic acids is 1. The van der Waals surface area contributed by atoms with Crippen molar-refractivity contribution in [3.63, 3.8) is 0 Å². The summed E-state index contributed by atoms with van der Waals surface area (Å²) in [7, 11) is 0. The molecule has 0 radical (unpaired) electrons. The minimum Gasteiger partial charge on any atom is -0.480 e. The highest BCUT2D eigenvalue weighted by molar-refractivity contribution is 5.95. The number of hydrogen-bond donors (Lipinski definition) is 3. The lowest BCUT2D eigenvalue weighted by molar-refractivity contribution is -0.384. The first kappa shape index (κ1) is 21.5. The van der Waals surface area contributed by atoms with Crippen molar-refractivity contribution in [2.45, 2.75) is 45.8 Å². The monoisotopic (exact) mass is 367 g/mol. The van der Waals surface area contributed by atoms with Gasteiger partial charge < -0.3 is 20.5 Å². The number of carboxylic acid groups (broad SMARTS) is 1. The van der Waals surface area contributed by atoms with Crippen molar-refractivity contribution in [3.8, 4) is 0 Å². The van der Waals surface area contributed by atoms with Gasteiger partial charge in [-0.05, 0) is 45.4 Å². The maximum absolute atomic E-state index is 12.1. The summed E-state index contributed by atoms with van der Waals surface area (Å²) in [5, 5.41) is 25.5. The number of nitro groups is 1. The van der Waals surface area contributed by atoms with Crippen molar-refractivity contribution in [1.29, 1.82) is 0 Å². The molecule has 1 aromatic carbocycles. The van der Waals surface area contributed by atoms with Gasteiger partial charge in [0.2, 0.25) is 5.91 Å². The summed E-state index contributed by atoms with van der Waals surface area (Å²) in [4.78, 5) is 33.9. The van der Waals surface area contributed by atoms with Crippen molar-refractivity contribution >= 4 is 23.3 Å². The number of anilines is 1. The second kappa shape index (κ2) is 10.5. The number of amides is 1. The van der Waals surface area contributed by atoms with E-state index in [2.05, 4.69) is 10.6 Å². The zero-order valence-corrected chi connectivity index (χ0v) is 15.2. The van der Waals surface area contributed by atoms with Crippen molar-refractivity contribution in [2.24, 2.45) is 0 Å². The number of benzene rings is 1. The van der Waals surface area contributed by atoms with Crippen LogP contribution < -0.4 is 10.6 Å². The van der Waals surface area contributed by atoms with Gasteiger partial charge in [-0.2, -0.15) is 0 Å². The molecule has 0 unspecified atom stereocenters. The third kappa shape index (κ3) is 7.58. The smallest absolute Gasteiger partial charge is 0.321 e. The van der Waals surface area contributed by atoms with Gasteiger partial charge in [0.05, 0.1) is 17.4 Å². The van der Waals surface area contributed by atoms with E-state index in [-0.39, 0.29) is 23.9 Å². The fraction of sp³-hybridized carbons (Fsp3) is 0.529. The summed E-state index contributed by atoms with van der Waals surface area (Å²) in [5.41, 5.74) is 0.493. The van der Waals surface area contributed by atoms with E-state index in [0.717, 1.165) is 0 Å². The molecule has 0 fully saturated rings. The minimum absolute atomic E-state index is 0.0417. The highest BCUT2D eigenvalue weighted by atomic mass is 16.6. The van der Waals surface area contributed by atoms with Crippen molar-refractivity contribution in [1.82, 2.24) is 5.32 Å². The van der Waals surface area contributed by atoms with Gasteiger partial charge in [0.25, 0.3) is 5.69 Å². The number of carbonyl (C=O) groups excluding carboxylic acids is 1. The SMILES string of the molecule is Cc1ccc(NC(=O)C[C@H](NCCCOC(C)C)C(=O)O)c([N+](=O)[O-])c1. The van der Waals surface area contributed by atoms with E-state index in [1.165, 1.54) is 12.1 Å². The molecule has 0 bridgehead atoms. The van der Waals surface area contributed by atoms with Crippen LogP contribution in [0.15, 0.2) is 18.2 Å². The van der Waals surface area contributed by atoms with Gasteiger partial charge in [0.15, 0.2) is 0 Å². The Morgan fingerprint density at radius 3 is 2.62 bits per heavy atom. The largest absolute Gasteiger partial charge is 0.480 e. The Labute approximate surface area is 151 Å². The zero-order valence-electron chi connectivity index (χ0n) is 15.2. The highest BCUT2D eigenvalue weighted by Crippen LogP contribution is 2.25. The van der Waals surface area contributed by atoms with Crippen LogP contribution in [0.1, 0.15) is 32.3 Å². The zero-order chi connectivity index (χ0) is 19.7. The number of nitrogens with zero attached hydrogens (tertiary/aromatic N) is 1. The van der Waals surface area contributed by atoms with Crippen LogP contribution in [0.2, 0.25) is 0 Å². The number of aryl methyl sites for hydroxylation is 1. The van der Waals surface area contributed by atoms with Crippen LogP contribution in [-0.2, 0) is 14.3 Å². The van der Waals surface area contributed by atoms with Crippen LogP contribution in [0.3, 0.4) is 0 Å². The van der Waals surface area contributed by atoms with Crippen molar-refractivity contribution in [3.05, 3.63) is 33.9 Å². The normalized spacial score (nSPS) is 12.0. The van der Waals surface area contributed by atoms with Crippen LogP contribution in [-0.4, -0.2) is 47.2 Å². The van der Waals surface area contributed by atoms with Gasteiger partial charge in [-0.1, -0.05) is 6.07 Å². The third-order valence-electron chi connectivity index (χ3n) is 3.47. The number of carbonyl (C=O) groups is 2. The molecule has 1 atom stereocenters. The Kier molecular flexibility index (Phi) is 8.66. The van der Waals surface area contributed by atoms with Gasteiger partial charge in [-0.15, -0.1) is 0 Å². The summed E-state index contributed by atoms with van der Waals surface area (Å²) in [5.74, 6) is -1.78. The summed E-state index contributed by atoms with van der Waals surface area (Å²) >= 11 is 0. The maximum Gasteiger partial charge on any atom is 0.321 e. The van der Waals surface area contributed by atoms with E-state index in [1.54, 1.807) is 13.0 Å². The van der Waals surface area contributed by atoms with Crippen LogP contribution in [0, 0.1) is 17.0 Å². The van der Waals surface area contributed by atoms with Crippen molar-refractivity contribution < 1.29 is 24.4 Å². The van der Waals surface area contributed by atoms with E-state index in [1.807, 2.05) is 13.8 Å². The first-order chi connectivity index (χ1) is 12.2.